The largest absolute Gasteiger partial charge is 0.115 e. The quantitative estimate of drug-likeness (QED) is 0.385. The average Bonchev–Trinajstić information content (AvgIpc) is 1.82. The summed E-state index contributed by atoms with van der Waals surface area (Å²) in [7, 11) is 0. The Morgan fingerprint density at radius 1 is 1.67 bits per heavy atom. The van der Waals surface area contributed by atoms with Gasteiger partial charge in [-0.2, -0.15) is 0 Å². The highest BCUT2D eigenvalue weighted by Gasteiger charge is 1.81. The van der Waals surface area contributed by atoms with Crippen LogP contribution in [0, 0.1) is 12.3 Å². The van der Waals surface area contributed by atoms with E-state index in [1.54, 1.807) is 6.08 Å². The van der Waals surface area contributed by atoms with E-state index in [2.05, 4.69) is 19.1 Å². The van der Waals surface area contributed by atoms with E-state index in [4.69, 9.17) is 6.42 Å². The van der Waals surface area contributed by atoms with Crippen molar-refractivity contribution in [3.05, 3.63) is 36.5 Å². The average molecular weight is 118 g/mol. The van der Waals surface area contributed by atoms with Crippen LogP contribution in [0.25, 0.3) is 0 Å². The van der Waals surface area contributed by atoms with Crippen molar-refractivity contribution in [1.82, 2.24) is 0 Å². The molecule has 9 heavy (non-hydrogen) atoms. The van der Waals surface area contributed by atoms with Gasteiger partial charge in [0.05, 0.1) is 0 Å². The first-order chi connectivity index (χ1) is 4.20. The molecular formula is C9H10. The molecule has 0 fully saturated rings. The van der Waals surface area contributed by atoms with Crippen LogP contribution in [0.5, 0.6) is 0 Å². The second kappa shape index (κ2) is 3.74. The van der Waals surface area contributed by atoms with Crippen LogP contribution in [-0.2, 0) is 0 Å². The predicted octanol–water partition coefficient (Wildman–Crippen LogP) is 2.31. The van der Waals surface area contributed by atoms with Crippen molar-refractivity contribution < 1.29 is 0 Å². The highest BCUT2D eigenvalue weighted by molar-refractivity contribution is 5.39. The van der Waals surface area contributed by atoms with Crippen molar-refractivity contribution in [3.8, 4) is 12.3 Å². The Hall–Kier alpha value is -1.22. The van der Waals surface area contributed by atoms with Gasteiger partial charge in [-0.05, 0) is 13.0 Å². The van der Waals surface area contributed by atoms with Crippen LogP contribution in [0.15, 0.2) is 36.5 Å². The van der Waals surface area contributed by atoms with Crippen molar-refractivity contribution in [3.63, 3.8) is 0 Å². The van der Waals surface area contributed by atoms with Crippen LogP contribution in [-0.4, -0.2) is 0 Å². The van der Waals surface area contributed by atoms with E-state index in [0.29, 0.717) is 0 Å². The Morgan fingerprint density at radius 3 is 2.33 bits per heavy atom. The zero-order valence-electron chi connectivity index (χ0n) is 5.65. The minimum absolute atomic E-state index is 0.780. The summed E-state index contributed by atoms with van der Waals surface area (Å²) in [6.07, 6.45) is 8.55. The molecular weight excluding hydrogens is 108 g/mol. The molecule has 0 bridgehead atoms. The summed E-state index contributed by atoms with van der Waals surface area (Å²) in [5.41, 5.74) is 1.73. The van der Waals surface area contributed by atoms with Gasteiger partial charge in [0.1, 0.15) is 0 Å². The molecule has 0 N–H and O–H groups in total. The van der Waals surface area contributed by atoms with Crippen LogP contribution in [0.3, 0.4) is 0 Å². The summed E-state index contributed by atoms with van der Waals surface area (Å²) < 4.78 is 0. The lowest BCUT2D eigenvalue weighted by molar-refractivity contribution is 1.54. The van der Waals surface area contributed by atoms with Gasteiger partial charge in [0.2, 0.25) is 0 Å². The SMILES string of the molecule is C#C/C(C=C)=C/C(=C)C. The number of allylic oxidation sites excluding steroid dienone is 4. The molecule has 0 aliphatic rings. The first-order valence-corrected chi connectivity index (χ1v) is 2.67. The van der Waals surface area contributed by atoms with Crippen LogP contribution in [0.1, 0.15) is 6.92 Å². The fourth-order valence-electron chi connectivity index (χ4n) is 0.425. The van der Waals surface area contributed by atoms with Crippen LogP contribution in [0.2, 0.25) is 0 Å². The van der Waals surface area contributed by atoms with Crippen LogP contribution in [0.4, 0.5) is 0 Å². The smallest absolute Gasteiger partial charge is 0.0239 e. The summed E-state index contributed by atoms with van der Waals surface area (Å²) in [6.45, 7) is 9.09. The Balaban J connectivity index is 4.30. The predicted molar refractivity (Wildman–Crippen MR) is 41.9 cm³/mol. The van der Waals surface area contributed by atoms with E-state index in [1.807, 2.05) is 13.0 Å². The fraction of sp³-hybridized carbons (Fsp3) is 0.111. The zero-order chi connectivity index (χ0) is 7.28. The molecule has 0 aromatic carbocycles. The summed E-state index contributed by atoms with van der Waals surface area (Å²) in [5, 5.41) is 0. The Bertz CT molecular complexity index is 187. The van der Waals surface area contributed by atoms with Crippen molar-refractivity contribution >= 4 is 0 Å². The van der Waals surface area contributed by atoms with Gasteiger partial charge in [-0.1, -0.05) is 30.7 Å². The first kappa shape index (κ1) is 7.78. The molecule has 0 aromatic rings. The molecule has 0 saturated carbocycles. The lowest BCUT2D eigenvalue weighted by Crippen LogP contribution is -1.70. The van der Waals surface area contributed by atoms with E-state index in [1.165, 1.54) is 0 Å². The lowest BCUT2D eigenvalue weighted by atomic mass is 10.2. The van der Waals surface area contributed by atoms with Gasteiger partial charge in [0, 0.05) is 5.57 Å². The molecule has 0 atom stereocenters. The third kappa shape index (κ3) is 3.37. The summed E-state index contributed by atoms with van der Waals surface area (Å²) in [6, 6.07) is 0. The number of terminal acetylenes is 1. The normalized spacial score (nSPS) is 10.0. The molecule has 0 amide bonds. The van der Waals surface area contributed by atoms with Crippen LogP contribution >= 0.6 is 0 Å². The molecule has 0 aliphatic carbocycles. The van der Waals surface area contributed by atoms with Crippen molar-refractivity contribution in [2.75, 3.05) is 0 Å². The molecule has 0 aliphatic heterocycles. The molecule has 0 unspecified atom stereocenters. The number of rotatable bonds is 2. The Morgan fingerprint density at radius 2 is 2.22 bits per heavy atom. The van der Waals surface area contributed by atoms with Gasteiger partial charge in [0.15, 0.2) is 0 Å². The Labute approximate surface area is 56.6 Å². The van der Waals surface area contributed by atoms with E-state index in [-0.39, 0.29) is 0 Å². The van der Waals surface area contributed by atoms with Gasteiger partial charge in [-0.25, -0.2) is 0 Å². The molecule has 0 rings (SSSR count). The van der Waals surface area contributed by atoms with Crippen molar-refractivity contribution in [2.24, 2.45) is 0 Å². The van der Waals surface area contributed by atoms with E-state index in [9.17, 15) is 0 Å². The van der Waals surface area contributed by atoms with E-state index < -0.39 is 0 Å². The summed E-state index contributed by atoms with van der Waals surface area (Å²) >= 11 is 0. The highest BCUT2D eigenvalue weighted by atomic mass is 13.8. The third-order valence-electron chi connectivity index (χ3n) is 0.788. The lowest BCUT2D eigenvalue weighted by Gasteiger charge is -1.87. The second-order valence-electron chi connectivity index (χ2n) is 1.79. The summed E-state index contributed by atoms with van der Waals surface area (Å²) in [4.78, 5) is 0. The fourth-order valence-corrected chi connectivity index (χ4v) is 0.425. The Kier molecular flexibility index (Phi) is 3.23. The zero-order valence-corrected chi connectivity index (χ0v) is 5.65. The standard InChI is InChI=1S/C9H10/c1-5-9(6-2)7-8(3)4/h1,6-7H,2-3H2,4H3/b9-7-. The minimum Gasteiger partial charge on any atom is -0.115 e. The molecule has 0 nitrogen and oxygen atoms in total. The maximum atomic E-state index is 5.10. The van der Waals surface area contributed by atoms with Gasteiger partial charge >= 0.3 is 0 Å². The van der Waals surface area contributed by atoms with Gasteiger partial charge in [0.25, 0.3) is 0 Å². The maximum Gasteiger partial charge on any atom is 0.0239 e. The van der Waals surface area contributed by atoms with Gasteiger partial charge < -0.3 is 0 Å². The maximum absolute atomic E-state index is 5.10. The molecule has 0 spiro atoms. The van der Waals surface area contributed by atoms with Gasteiger partial charge in [-0.15, -0.1) is 6.42 Å². The highest BCUT2D eigenvalue weighted by Crippen LogP contribution is 1.98. The number of hydrogen-bond donors (Lipinski definition) is 0. The topological polar surface area (TPSA) is 0 Å². The number of hydrogen-bond acceptors (Lipinski definition) is 0. The molecule has 46 valence electrons. The molecule has 0 aromatic heterocycles. The monoisotopic (exact) mass is 118 g/mol. The van der Waals surface area contributed by atoms with E-state index >= 15 is 0 Å². The molecule has 0 heteroatoms. The minimum atomic E-state index is 0.780. The molecule has 0 saturated heterocycles. The second-order valence-corrected chi connectivity index (χ2v) is 1.79. The first-order valence-electron chi connectivity index (χ1n) is 2.67. The third-order valence-corrected chi connectivity index (χ3v) is 0.788. The van der Waals surface area contributed by atoms with Crippen molar-refractivity contribution in [2.45, 2.75) is 6.92 Å². The van der Waals surface area contributed by atoms with Gasteiger partial charge in [-0.3, -0.25) is 0 Å². The summed E-state index contributed by atoms with van der Waals surface area (Å²) in [5.74, 6) is 2.47. The van der Waals surface area contributed by atoms with Crippen molar-refractivity contribution in [1.29, 1.82) is 0 Å². The van der Waals surface area contributed by atoms with Crippen LogP contribution < -0.4 is 0 Å². The van der Waals surface area contributed by atoms with E-state index in [0.717, 1.165) is 11.1 Å². The molecule has 0 heterocycles. The molecule has 0 radical (unpaired) electrons.